The fourth-order valence-corrected chi connectivity index (χ4v) is 3.32. The van der Waals surface area contributed by atoms with Gasteiger partial charge in [-0.2, -0.15) is 9.78 Å². The van der Waals surface area contributed by atoms with Gasteiger partial charge in [0.1, 0.15) is 11.5 Å². The number of hydrogen-bond acceptors (Lipinski definition) is 6. The van der Waals surface area contributed by atoms with Gasteiger partial charge in [0.2, 0.25) is 0 Å². The number of amides is 1. The third-order valence-corrected chi connectivity index (χ3v) is 5.17. The molecule has 0 radical (unpaired) electrons. The fourth-order valence-electron chi connectivity index (χ4n) is 3.19. The second kappa shape index (κ2) is 10.1. The molecule has 4 rings (SSSR count). The van der Waals surface area contributed by atoms with Gasteiger partial charge in [-0.1, -0.05) is 17.7 Å². The summed E-state index contributed by atoms with van der Waals surface area (Å²) in [7, 11) is 3.12. The molecule has 9 heteroatoms. The van der Waals surface area contributed by atoms with Crippen LogP contribution in [0, 0.1) is 0 Å². The van der Waals surface area contributed by atoms with Crippen LogP contribution in [0.2, 0.25) is 5.02 Å². The molecule has 0 aliphatic rings. The van der Waals surface area contributed by atoms with Crippen LogP contribution in [0.5, 0.6) is 17.2 Å². The molecule has 1 heterocycles. The lowest BCUT2D eigenvalue weighted by Crippen LogP contribution is -2.24. The first kappa shape index (κ1) is 22.9. The summed E-state index contributed by atoms with van der Waals surface area (Å²) in [6, 6.07) is 20.5. The van der Waals surface area contributed by atoms with Gasteiger partial charge in [0.05, 0.1) is 19.0 Å². The molecule has 0 aliphatic carbocycles. The van der Waals surface area contributed by atoms with Crippen molar-refractivity contribution in [3.05, 3.63) is 99.9 Å². The Hall–Kier alpha value is -4.30. The van der Waals surface area contributed by atoms with Crippen molar-refractivity contribution in [2.75, 3.05) is 19.5 Å². The summed E-state index contributed by atoms with van der Waals surface area (Å²) in [4.78, 5) is 25.5. The summed E-state index contributed by atoms with van der Waals surface area (Å²) in [5, 5.41) is 10.5. The number of hydrogen-bond donors (Lipinski definition) is 2. The minimum absolute atomic E-state index is 0.148. The van der Waals surface area contributed by atoms with Crippen LogP contribution in [0.4, 0.5) is 11.4 Å². The zero-order chi connectivity index (χ0) is 24.1. The monoisotopic (exact) mass is 476 g/mol. The molecule has 3 aromatic carbocycles. The van der Waals surface area contributed by atoms with E-state index in [1.54, 1.807) is 87.0 Å². The lowest BCUT2D eigenvalue weighted by molar-refractivity contribution is 0.0963. The number of carbonyl (C=O) groups is 1. The highest BCUT2D eigenvalue weighted by atomic mass is 35.5. The summed E-state index contributed by atoms with van der Waals surface area (Å²) in [5.41, 5.74) is 1.23. The molecule has 34 heavy (non-hydrogen) atoms. The standard InChI is InChI=1S/C25H21ClN4O4/c1-27-24(31)16-4-3-5-18(14-16)29-23-22(34-21-10-6-17(26)7-11-21)15-28-30(25(23)32)19-8-12-20(33-2)13-9-19/h3-15,29H,1-2H3,(H,27,31). The summed E-state index contributed by atoms with van der Waals surface area (Å²) in [6.45, 7) is 0. The van der Waals surface area contributed by atoms with Crippen LogP contribution in [0.25, 0.3) is 5.69 Å². The van der Waals surface area contributed by atoms with E-state index in [0.717, 1.165) is 0 Å². The number of nitrogens with zero attached hydrogens (tertiary/aromatic N) is 2. The molecule has 172 valence electrons. The Labute approximate surface area is 200 Å². The molecule has 0 saturated heterocycles. The van der Waals surface area contributed by atoms with Crippen LogP contribution in [0.1, 0.15) is 10.4 Å². The number of rotatable bonds is 7. The average molecular weight is 477 g/mol. The number of anilines is 2. The van der Waals surface area contributed by atoms with Crippen molar-refractivity contribution in [1.29, 1.82) is 0 Å². The van der Waals surface area contributed by atoms with Crippen LogP contribution in [0.3, 0.4) is 0 Å². The number of benzene rings is 3. The van der Waals surface area contributed by atoms with E-state index in [-0.39, 0.29) is 17.3 Å². The minimum Gasteiger partial charge on any atom is -0.497 e. The maximum Gasteiger partial charge on any atom is 0.299 e. The number of aromatic nitrogens is 2. The van der Waals surface area contributed by atoms with E-state index in [9.17, 15) is 9.59 Å². The maximum absolute atomic E-state index is 13.5. The zero-order valence-corrected chi connectivity index (χ0v) is 19.2. The van der Waals surface area contributed by atoms with Gasteiger partial charge in [-0.15, -0.1) is 0 Å². The molecule has 0 saturated carbocycles. The third-order valence-electron chi connectivity index (χ3n) is 4.92. The van der Waals surface area contributed by atoms with Gasteiger partial charge < -0.3 is 20.1 Å². The van der Waals surface area contributed by atoms with Crippen molar-refractivity contribution >= 4 is 28.9 Å². The summed E-state index contributed by atoms with van der Waals surface area (Å²) in [6.07, 6.45) is 1.45. The van der Waals surface area contributed by atoms with Gasteiger partial charge >= 0.3 is 0 Å². The normalized spacial score (nSPS) is 10.4. The molecular weight excluding hydrogens is 456 g/mol. The van der Waals surface area contributed by atoms with E-state index in [0.29, 0.717) is 33.5 Å². The smallest absolute Gasteiger partial charge is 0.299 e. The van der Waals surface area contributed by atoms with E-state index in [2.05, 4.69) is 15.7 Å². The van der Waals surface area contributed by atoms with Crippen LogP contribution in [-0.2, 0) is 0 Å². The summed E-state index contributed by atoms with van der Waals surface area (Å²) >= 11 is 5.97. The summed E-state index contributed by atoms with van der Waals surface area (Å²) < 4.78 is 12.4. The molecule has 0 aliphatic heterocycles. The van der Waals surface area contributed by atoms with Gasteiger partial charge in [0, 0.05) is 23.3 Å². The SMILES string of the molecule is CNC(=O)c1cccc(Nc2c(Oc3ccc(Cl)cc3)cnn(-c3ccc(OC)cc3)c2=O)c1. The fraction of sp³-hybridized carbons (Fsp3) is 0.0800. The largest absolute Gasteiger partial charge is 0.497 e. The molecule has 1 aromatic heterocycles. The van der Waals surface area contributed by atoms with Crippen molar-refractivity contribution < 1.29 is 14.3 Å². The minimum atomic E-state index is -0.443. The Morgan fingerprint density at radius 2 is 1.71 bits per heavy atom. The molecule has 0 atom stereocenters. The van der Waals surface area contributed by atoms with Crippen LogP contribution in [0.15, 0.2) is 83.8 Å². The van der Waals surface area contributed by atoms with Gasteiger partial charge in [-0.25, -0.2) is 0 Å². The first-order valence-electron chi connectivity index (χ1n) is 10.3. The number of nitrogens with one attached hydrogen (secondary N) is 2. The van der Waals surface area contributed by atoms with Gasteiger partial charge in [-0.05, 0) is 66.7 Å². The van der Waals surface area contributed by atoms with Gasteiger partial charge in [-0.3, -0.25) is 9.59 Å². The molecule has 0 unspecified atom stereocenters. The second-order valence-electron chi connectivity index (χ2n) is 7.14. The maximum atomic E-state index is 13.5. The molecule has 4 aromatic rings. The van der Waals surface area contributed by atoms with E-state index >= 15 is 0 Å². The molecule has 2 N–H and O–H groups in total. The lowest BCUT2D eigenvalue weighted by Gasteiger charge is -2.15. The second-order valence-corrected chi connectivity index (χ2v) is 7.58. The molecule has 0 spiro atoms. The molecule has 8 nitrogen and oxygen atoms in total. The Morgan fingerprint density at radius 1 is 1.00 bits per heavy atom. The van der Waals surface area contributed by atoms with Gasteiger partial charge in [0.15, 0.2) is 11.4 Å². The van der Waals surface area contributed by atoms with Crippen LogP contribution < -0.4 is 25.7 Å². The highest BCUT2D eigenvalue weighted by Crippen LogP contribution is 2.30. The summed E-state index contributed by atoms with van der Waals surface area (Å²) in [5.74, 6) is 1.10. The van der Waals surface area contributed by atoms with Crippen LogP contribution in [-0.4, -0.2) is 29.8 Å². The van der Waals surface area contributed by atoms with E-state index in [4.69, 9.17) is 21.1 Å². The first-order chi connectivity index (χ1) is 16.5. The Morgan fingerprint density at radius 3 is 2.38 bits per heavy atom. The van der Waals surface area contributed by atoms with Crippen molar-refractivity contribution in [1.82, 2.24) is 15.1 Å². The number of halogens is 1. The average Bonchev–Trinajstić information content (AvgIpc) is 2.87. The quantitative estimate of drug-likeness (QED) is 0.398. The van der Waals surface area contributed by atoms with E-state index in [1.165, 1.54) is 10.9 Å². The number of carbonyl (C=O) groups excluding carboxylic acids is 1. The Balaban J connectivity index is 1.78. The molecule has 0 fully saturated rings. The number of ether oxygens (including phenoxy) is 2. The lowest BCUT2D eigenvalue weighted by atomic mass is 10.2. The number of methoxy groups -OCH3 is 1. The Kier molecular flexibility index (Phi) is 6.79. The van der Waals surface area contributed by atoms with E-state index in [1.807, 2.05) is 0 Å². The zero-order valence-electron chi connectivity index (χ0n) is 18.4. The predicted molar refractivity (Wildman–Crippen MR) is 131 cm³/mol. The Bertz CT molecular complexity index is 1370. The topological polar surface area (TPSA) is 94.5 Å². The van der Waals surface area contributed by atoms with Crippen molar-refractivity contribution in [2.45, 2.75) is 0 Å². The first-order valence-corrected chi connectivity index (χ1v) is 10.7. The molecule has 0 bridgehead atoms. The van der Waals surface area contributed by atoms with Gasteiger partial charge in [0.25, 0.3) is 11.5 Å². The highest BCUT2D eigenvalue weighted by Gasteiger charge is 2.16. The van der Waals surface area contributed by atoms with Crippen LogP contribution >= 0.6 is 11.6 Å². The molecule has 1 amide bonds. The molecular formula is C25H21ClN4O4. The third kappa shape index (κ3) is 5.02. The predicted octanol–water partition coefficient (Wildman–Crippen LogP) is 4.79. The van der Waals surface area contributed by atoms with Crippen molar-refractivity contribution in [3.63, 3.8) is 0 Å². The van der Waals surface area contributed by atoms with E-state index < -0.39 is 5.56 Å². The van der Waals surface area contributed by atoms with Crippen molar-refractivity contribution in [3.8, 4) is 22.9 Å². The highest BCUT2D eigenvalue weighted by molar-refractivity contribution is 6.30. The van der Waals surface area contributed by atoms with Crippen molar-refractivity contribution in [2.24, 2.45) is 0 Å².